The average molecular weight is 340 g/mol. The second-order valence-corrected chi connectivity index (χ2v) is 7.58. The predicted molar refractivity (Wildman–Crippen MR) is 108 cm³/mol. The van der Waals surface area contributed by atoms with Gasteiger partial charge < -0.3 is 15.5 Å². The summed E-state index contributed by atoms with van der Waals surface area (Å²) in [7, 11) is 0. The topological polar surface area (TPSA) is 27.3 Å². The Hall–Kier alpha value is -0.120. The Morgan fingerprint density at radius 3 is 1.58 bits per heavy atom. The van der Waals surface area contributed by atoms with Crippen molar-refractivity contribution in [2.24, 2.45) is 0 Å². The van der Waals surface area contributed by atoms with E-state index in [0.717, 1.165) is 0 Å². The molecule has 0 atom stereocenters. The molecular formula is C21H45N3. The summed E-state index contributed by atoms with van der Waals surface area (Å²) in [5.41, 5.74) is 0. The zero-order chi connectivity index (χ0) is 17.1. The molecule has 0 radical (unpaired) electrons. The Morgan fingerprint density at radius 1 is 0.583 bits per heavy atom. The first-order chi connectivity index (χ1) is 11.9. The zero-order valence-electron chi connectivity index (χ0n) is 16.6. The van der Waals surface area contributed by atoms with Gasteiger partial charge in [0.25, 0.3) is 0 Å². The van der Waals surface area contributed by atoms with E-state index in [1.807, 2.05) is 0 Å². The lowest BCUT2D eigenvalue weighted by Gasteiger charge is -2.23. The van der Waals surface area contributed by atoms with Gasteiger partial charge in [0.2, 0.25) is 0 Å². The van der Waals surface area contributed by atoms with E-state index in [4.69, 9.17) is 0 Å². The molecule has 1 aliphatic heterocycles. The van der Waals surface area contributed by atoms with Crippen LogP contribution in [0.1, 0.15) is 90.4 Å². The molecule has 1 saturated heterocycles. The van der Waals surface area contributed by atoms with Crippen molar-refractivity contribution in [2.45, 2.75) is 90.4 Å². The van der Waals surface area contributed by atoms with Crippen molar-refractivity contribution >= 4 is 0 Å². The van der Waals surface area contributed by atoms with Gasteiger partial charge in [-0.1, -0.05) is 64.7 Å². The lowest BCUT2D eigenvalue weighted by atomic mass is 10.1. The summed E-state index contributed by atoms with van der Waals surface area (Å²) < 4.78 is 0. The van der Waals surface area contributed by atoms with Gasteiger partial charge in [-0.15, -0.1) is 0 Å². The van der Waals surface area contributed by atoms with Crippen molar-refractivity contribution in [3.05, 3.63) is 0 Å². The second kappa shape index (κ2) is 17.7. The van der Waals surface area contributed by atoms with E-state index in [9.17, 15) is 0 Å². The van der Waals surface area contributed by atoms with Crippen LogP contribution >= 0.6 is 0 Å². The molecule has 0 unspecified atom stereocenters. The van der Waals surface area contributed by atoms with Crippen molar-refractivity contribution in [1.82, 2.24) is 15.5 Å². The average Bonchev–Trinajstić information content (AvgIpc) is 2.58. The van der Waals surface area contributed by atoms with Gasteiger partial charge in [-0.25, -0.2) is 0 Å². The van der Waals surface area contributed by atoms with Crippen LogP contribution in [0, 0.1) is 0 Å². The van der Waals surface area contributed by atoms with Crippen molar-refractivity contribution < 1.29 is 0 Å². The maximum atomic E-state index is 3.57. The lowest BCUT2D eigenvalue weighted by molar-refractivity contribution is 0.256. The van der Waals surface area contributed by atoms with Crippen LogP contribution in [0.2, 0.25) is 0 Å². The van der Waals surface area contributed by atoms with E-state index < -0.39 is 0 Å². The molecule has 0 bridgehead atoms. The highest BCUT2D eigenvalue weighted by atomic mass is 15.1. The van der Waals surface area contributed by atoms with E-state index in [2.05, 4.69) is 22.5 Å². The summed E-state index contributed by atoms with van der Waals surface area (Å²) in [5, 5.41) is 7.13. The molecule has 0 aromatic rings. The monoisotopic (exact) mass is 339 g/mol. The molecule has 0 aromatic carbocycles. The highest BCUT2D eigenvalue weighted by Gasteiger charge is 2.05. The van der Waals surface area contributed by atoms with Gasteiger partial charge in [-0.3, -0.25) is 0 Å². The highest BCUT2D eigenvalue weighted by Crippen LogP contribution is 2.11. The fraction of sp³-hybridized carbons (Fsp3) is 1.00. The molecule has 0 aliphatic carbocycles. The van der Waals surface area contributed by atoms with Crippen LogP contribution in [0.4, 0.5) is 0 Å². The maximum Gasteiger partial charge on any atom is -0.000663 e. The summed E-state index contributed by atoms with van der Waals surface area (Å²) in [6.45, 7) is 10.9. The fourth-order valence-electron chi connectivity index (χ4n) is 3.60. The predicted octanol–water partition coefficient (Wildman–Crippen LogP) is 4.57. The quantitative estimate of drug-likeness (QED) is 0.540. The summed E-state index contributed by atoms with van der Waals surface area (Å²) in [6, 6.07) is 0. The zero-order valence-corrected chi connectivity index (χ0v) is 16.6. The van der Waals surface area contributed by atoms with Crippen LogP contribution in [-0.2, 0) is 0 Å². The van der Waals surface area contributed by atoms with Crippen LogP contribution < -0.4 is 10.6 Å². The van der Waals surface area contributed by atoms with Crippen LogP contribution in [-0.4, -0.2) is 50.7 Å². The molecule has 3 heteroatoms. The van der Waals surface area contributed by atoms with E-state index in [0.29, 0.717) is 0 Å². The van der Waals surface area contributed by atoms with Gasteiger partial charge in [-0.2, -0.15) is 0 Å². The van der Waals surface area contributed by atoms with E-state index in [-0.39, 0.29) is 0 Å². The molecule has 1 fully saturated rings. The molecule has 0 saturated carbocycles. The largest absolute Gasteiger partial charge is 0.317 e. The molecule has 1 heterocycles. The third-order valence-corrected chi connectivity index (χ3v) is 5.19. The van der Waals surface area contributed by atoms with Gasteiger partial charge in [0.1, 0.15) is 0 Å². The summed E-state index contributed by atoms with van der Waals surface area (Å²) >= 11 is 0. The minimum Gasteiger partial charge on any atom is -0.317 e. The number of hydrogen-bond acceptors (Lipinski definition) is 3. The van der Waals surface area contributed by atoms with Gasteiger partial charge in [0.15, 0.2) is 0 Å². The van der Waals surface area contributed by atoms with Gasteiger partial charge in [0.05, 0.1) is 0 Å². The maximum absolute atomic E-state index is 3.57. The highest BCUT2D eigenvalue weighted by molar-refractivity contribution is 4.63. The fourth-order valence-corrected chi connectivity index (χ4v) is 3.60. The number of unbranched alkanes of at least 4 members (excludes halogenated alkanes) is 9. The second-order valence-electron chi connectivity index (χ2n) is 7.58. The van der Waals surface area contributed by atoms with Crippen LogP contribution in [0.15, 0.2) is 0 Å². The minimum absolute atomic E-state index is 1.17. The van der Waals surface area contributed by atoms with E-state index in [1.165, 1.54) is 129 Å². The van der Waals surface area contributed by atoms with Gasteiger partial charge in [-0.05, 0) is 71.5 Å². The molecule has 0 aromatic heterocycles. The van der Waals surface area contributed by atoms with E-state index in [1.54, 1.807) is 0 Å². The SMILES string of the molecule is CCCCCCCCCCCCN1CCCNCCCNCCC1. The molecule has 144 valence electrons. The van der Waals surface area contributed by atoms with Crippen molar-refractivity contribution in [1.29, 1.82) is 0 Å². The lowest BCUT2D eigenvalue weighted by Crippen LogP contribution is -2.33. The number of nitrogens with zero attached hydrogens (tertiary/aromatic N) is 1. The molecule has 24 heavy (non-hydrogen) atoms. The first-order valence-electron chi connectivity index (χ1n) is 11.1. The smallest absolute Gasteiger partial charge is 0.000663 e. The molecule has 2 N–H and O–H groups in total. The molecule has 3 nitrogen and oxygen atoms in total. The van der Waals surface area contributed by atoms with Crippen molar-refractivity contribution in [3.63, 3.8) is 0 Å². The molecular weight excluding hydrogens is 294 g/mol. The van der Waals surface area contributed by atoms with Crippen LogP contribution in [0.5, 0.6) is 0 Å². The van der Waals surface area contributed by atoms with Gasteiger partial charge in [0, 0.05) is 0 Å². The number of hydrogen-bond donors (Lipinski definition) is 2. The van der Waals surface area contributed by atoms with Crippen molar-refractivity contribution in [2.75, 3.05) is 45.8 Å². The Balaban J connectivity index is 1.96. The molecule has 0 amide bonds. The van der Waals surface area contributed by atoms with E-state index >= 15 is 0 Å². The minimum atomic E-state index is 1.17. The van der Waals surface area contributed by atoms with Gasteiger partial charge >= 0.3 is 0 Å². The summed E-state index contributed by atoms with van der Waals surface area (Å²) in [4.78, 5) is 2.70. The number of nitrogens with one attached hydrogen (secondary N) is 2. The number of rotatable bonds is 11. The van der Waals surface area contributed by atoms with Crippen LogP contribution in [0.3, 0.4) is 0 Å². The van der Waals surface area contributed by atoms with Crippen LogP contribution in [0.25, 0.3) is 0 Å². The molecule has 1 rings (SSSR count). The Bertz CT molecular complexity index is 233. The third-order valence-electron chi connectivity index (χ3n) is 5.19. The Labute approximate surface area is 152 Å². The standard InChI is InChI=1S/C21H45N3/c1-2-3-4-5-6-7-8-9-10-11-19-24-20-13-17-22-15-12-16-23-18-14-21-24/h22-23H,2-21H2,1H3. The normalized spacial score (nSPS) is 18.9. The Morgan fingerprint density at radius 2 is 1.04 bits per heavy atom. The summed E-state index contributed by atoms with van der Waals surface area (Å²) in [5.74, 6) is 0. The first kappa shape index (κ1) is 21.9. The Kier molecular flexibility index (Phi) is 16.2. The third kappa shape index (κ3) is 14.2. The van der Waals surface area contributed by atoms with Crippen molar-refractivity contribution in [3.8, 4) is 0 Å². The molecule has 1 aliphatic rings. The molecule has 0 spiro atoms. The summed E-state index contributed by atoms with van der Waals surface area (Å²) in [6.07, 6.45) is 18.3. The first-order valence-corrected chi connectivity index (χ1v) is 11.1.